The van der Waals surface area contributed by atoms with Crippen LogP contribution in [-0.2, 0) is 0 Å². The van der Waals surface area contributed by atoms with Crippen molar-refractivity contribution in [2.75, 3.05) is 0 Å². The van der Waals surface area contributed by atoms with Crippen molar-refractivity contribution in [2.24, 2.45) is 0 Å². The number of unbranched alkanes of at least 4 members (excludes halogenated alkanes) is 6. The largest absolute Gasteiger partial charge is 0.116 e. The summed E-state index contributed by atoms with van der Waals surface area (Å²) < 4.78 is 0. The molecule has 0 heteroatoms. The van der Waals surface area contributed by atoms with Crippen LogP contribution in [0.3, 0.4) is 0 Å². The van der Waals surface area contributed by atoms with E-state index in [9.17, 15) is 0 Å². The quantitative estimate of drug-likeness (QED) is 0.315. The summed E-state index contributed by atoms with van der Waals surface area (Å²) in [6.07, 6.45) is 13.8. The van der Waals surface area contributed by atoms with Crippen LogP contribution in [0.4, 0.5) is 0 Å². The Morgan fingerprint density at radius 3 is 2.47 bits per heavy atom. The van der Waals surface area contributed by atoms with Gasteiger partial charge in [-0.3, -0.25) is 0 Å². The molecule has 0 N–H and O–H groups in total. The highest BCUT2D eigenvalue weighted by atomic mass is 13.9. The van der Waals surface area contributed by atoms with Crippen molar-refractivity contribution in [2.45, 2.75) is 65.2 Å². The van der Waals surface area contributed by atoms with Crippen molar-refractivity contribution in [1.82, 2.24) is 0 Å². The van der Waals surface area contributed by atoms with Gasteiger partial charge in [-0.1, -0.05) is 51.4 Å². The molecule has 0 radical (unpaired) electrons. The maximum Gasteiger partial charge on any atom is 0.0298 e. The molecular formula is C15H24. The number of rotatable bonds is 7. The van der Waals surface area contributed by atoms with Gasteiger partial charge in [0.05, 0.1) is 0 Å². The van der Waals surface area contributed by atoms with Gasteiger partial charge in [-0.2, -0.15) is 0 Å². The Bertz CT molecular complexity index is 230. The molecule has 0 aliphatic rings. The molecule has 0 spiro atoms. The molecule has 15 heavy (non-hydrogen) atoms. The van der Waals surface area contributed by atoms with E-state index in [1.54, 1.807) is 0 Å². The maximum atomic E-state index is 3.15. The lowest BCUT2D eigenvalue weighted by Gasteiger charge is -1.91. The van der Waals surface area contributed by atoms with E-state index in [0.29, 0.717) is 0 Å². The van der Waals surface area contributed by atoms with Crippen molar-refractivity contribution < 1.29 is 0 Å². The van der Waals surface area contributed by atoms with E-state index in [4.69, 9.17) is 0 Å². The Morgan fingerprint density at radius 1 is 0.933 bits per heavy atom. The summed E-state index contributed by atoms with van der Waals surface area (Å²) in [6, 6.07) is 0. The molecule has 84 valence electrons. The molecule has 0 amide bonds. The third kappa shape index (κ3) is 13.1. The first-order chi connectivity index (χ1) is 7.41. The first kappa shape index (κ1) is 14.1. The van der Waals surface area contributed by atoms with Crippen LogP contribution < -0.4 is 0 Å². The van der Waals surface area contributed by atoms with Gasteiger partial charge in [0.25, 0.3) is 0 Å². The van der Waals surface area contributed by atoms with Crippen molar-refractivity contribution in [3.63, 3.8) is 0 Å². The van der Waals surface area contributed by atoms with Crippen LogP contribution in [0.5, 0.6) is 0 Å². The van der Waals surface area contributed by atoms with Crippen molar-refractivity contribution in [1.29, 1.82) is 0 Å². The lowest BCUT2D eigenvalue weighted by Crippen LogP contribution is -1.73. The summed E-state index contributed by atoms with van der Waals surface area (Å²) in [5.41, 5.74) is 3.10. The SMILES string of the molecule is CCCCC=C=CC#CCCCCCC. The van der Waals surface area contributed by atoms with E-state index in [1.807, 2.05) is 6.08 Å². The Balaban J connectivity index is 3.39. The molecule has 0 heterocycles. The van der Waals surface area contributed by atoms with Gasteiger partial charge < -0.3 is 0 Å². The minimum absolute atomic E-state index is 1.03. The lowest BCUT2D eigenvalue weighted by molar-refractivity contribution is 0.679. The third-order valence-corrected chi connectivity index (χ3v) is 2.23. The number of hydrogen-bond donors (Lipinski definition) is 0. The van der Waals surface area contributed by atoms with Gasteiger partial charge in [-0.15, -0.1) is 5.73 Å². The maximum absolute atomic E-state index is 3.15. The van der Waals surface area contributed by atoms with E-state index in [2.05, 4.69) is 37.5 Å². The molecule has 0 fully saturated rings. The second-order valence-corrected chi connectivity index (χ2v) is 3.79. The van der Waals surface area contributed by atoms with Crippen LogP contribution in [0.2, 0.25) is 0 Å². The third-order valence-electron chi connectivity index (χ3n) is 2.23. The van der Waals surface area contributed by atoms with Crippen molar-refractivity contribution in [3.05, 3.63) is 17.9 Å². The van der Waals surface area contributed by atoms with E-state index in [0.717, 1.165) is 12.8 Å². The zero-order chi connectivity index (χ0) is 11.2. The van der Waals surface area contributed by atoms with E-state index >= 15 is 0 Å². The smallest absolute Gasteiger partial charge is 0.0298 e. The summed E-state index contributed by atoms with van der Waals surface area (Å²) >= 11 is 0. The minimum Gasteiger partial charge on any atom is -0.116 e. The molecule has 0 unspecified atom stereocenters. The normalized spacial score (nSPS) is 8.67. The second kappa shape index (κ2) is 13.1. The first-order valence-electron chi connectivity index (χ1n) is 6.29. The van der Waals surface area contributed by atoms with Gasteiger partial charge >= 0.3 is 0 Å². The van der Waals surface area contributed by atoms with Gasteiger partial charge in [0, 0.05) is 12.5 Å². The highest BCUT2D eigenvalue weighted by Gasteiger charge is 1.82. The van der Waals surface area contributed by atoms with Gasteiger partial charge in [-0.25, -0.2) is 0 Å². The van der Waals surface area contributed by atoms with Crippen LogP contribution in [0.1, 0.15) is 65.2 Å². The van der Waals surface area contributed by atoms with E-state index in [-0.39, 0.29) is 0 Å². The molecule has 0 atom stereocenters. The van der Waals surface area contributed by atoms with Crippen LogP contribution in [0.15, 0.2) is 17.9 Å². The van der Waals surface area contributed by atoms with Crippen LogP contribution in [0, 0.1) is 11.8 Å². The highest BCUT2D eigenvalue weighted by molar-refractivity contribution is 5.14. The average Bonchev–Trinajstić information content (AvgIpc) is 2.26. The number of hydrogen-bond acceptors (Lipinski definition) is 0. The summed E-state index contributed by atoms with van der Waals surface area (Å²) in [4.78, 5) is 0. The Hall–Kier alpha value is -0.920. The van der Waals surface area contributed by atoms with Crippen LogP contribution in [0.25, 0.3) is 0 Å². The molecule has 0 aromatic heterocycles. The molecule has 0 aliphatic heterocycles. The predicted molar refractivity (Wildman–Crippen MR) is 68.7 cm³/mol. The molecule has 0 aromatic rings. The molecule has 0 saturated heterocycles. The Morgan fingerprint density at radius 2 is 1.73 bits per heavy atom. The highest BCUT2D eigenvalue weighted by Crippen LogP contribution is 2.00. The van der Waals surface area contributed by atoms with Crippen LogP contribution >= 0.6 is 0 Å². The van der Waals surface area contributed by atoms with Gasteiger partial charge in [0.1, 0.15) is 0 Å². The topological polar surface area (TPSA) is 0 Å². The van der Waals surface area contributed by atoms with Gasteiger partial charge in [0.2, 0.25) is 0 Å². The zero-order valence-corrected chi connectivity index (χ0v) is 10.3. The average molecular weight is 204 g/mol. The van der Waals surface area contributed by atoms with Crippen molar-refractivity contribution in [3.8, 4) is 11.8 Å². The zero-order valence-electron chi connectivity index (χ0n) is 10.3. The fraction of sp³-hybridized carbons (Fsp3) is 0.667. The summed E-state index contributed by atoms with van der Waals surface area (Å²) in [7, 11) is 0. The van der Waals surface area contributed by atoms with Gasteiger partial charge in [0.15, 0.2) is 0 Å². The molecule has 0 bridgehead atoms. The van der Waals surface area contributed by atoms with E-state index in [1.165, 1.54) is 38.5 Å². The molecule has 0 aliphatic carbocycles. The van der Waals surface area contributed by atoms with Crippen LogP contribution in [-0.4, -0.2) is 0 Å². The van der Waals surface area contributed by atoms with Crippen molar-refractivity contribution >= 4 is 0 Å². The monoisotopic (exact) mass is 204 g/mol. The summed E-state index contributed by atoms with van der Waals surface area (Å²) in [6.45, 7) is 4.43. The molecular weight excluding hydrogens is 180 g/mol. The molecule has 0 nitrogen and oxygen atoms in total. The summed E-state index contributed by atoms with van der Waals surface area (Å²) in [5.74, 6) is 6.17. The minimum atomic E-state index is 1.03. The molecule has 0 aromatic carbocycles. The first-order valence-corrected chi connectivity index (χ1v) is 6.29. The predicted octanol–water partition coefficient (Wildman–Crippen LogP) is 4.86. The second-order valence-electron chi connectivity index (χ2n) is 3.79. The Labute approximate surface area is 95.5 Å². The number of allylic oxidation sites excluding steroid dienone is 1. The lowest BCUT2D eigenvalue weighted by atomic mass is 10.2. The molecule has 0 rings (SSSR count). The fourth-order valence-electron chi connectivity index (χ4n) is 1.25. The summed E-state index contributed by atoms with van der Waals surface area (Å²) in [5, 5.41) is 0. The molecule has 0 saturated carbocycles. The van der Waals surface area contributed by atoms with E-state index < -0.39 is 0 Å². The Kier molecular flexibility index (Phi) is 12.3. The van der Waals surface area contributed by atoms with Gasteiger partial charge in [-0.05, 0) is 25.3 Å². The fourth-order valence-corrected chi connectivity index (χ4v) is 1.25. The standard InChI is InChI=1S/C15H24/c1-3-5-7-9-11-13-15-14-12-10-8-6-4-2/h9,13H,3-8,10,12H2,1-2H3.